The second kappa shape index (κ2) is 5.73. The number of carboxylic acids is 1. The standard InChI is InChI=1S/C20H24O3/c1-19(2,3)14-11-15(18(22)23)17(21)16(12-14)20(4,5)13-9-7-6-8-10-13/h6-12,21H,1-5H3,(H,22,23). The lowest BCUT2D eigenvalue weighted by molar-refractivity contribution is 0.0693. The summed E-state index contributed by atoms with van der Waals surface area (Å²) in [5.41, 5.74) is 1.80. The predicted octanol–water partition coefficient (Wildman–Crippen LogP) is 4.71. The van der Waals surface area contributed by atoms with Crippen molar-refractivity contribution in [1.29, 1.82) is 0 Å². The Morgan fingerprint density at radius 1 is 0.913 bits per heavy atom. The summed E-state index contributed by atoms with van der Waals surface area (Å²) in [6.07, 6.45) is 0. The minimum atomic E-state index is -1.11. The van der Waals surface area contributed by atoms with Crippen LogP contribution in [-0.2, 0) is 10.8 Å². The smallest absolute Gasteiger partial charge is 0.339 e. The molecule has 0 atom stereocenters. The van der Waals surface area contributed by atoms with Crippen LogP contribution in [0.2, 0.25) is 0 Å². The lowest BCUT2D eigenvalue weighted by atomic mass is 9.74. The molecule has 0 saturated heterocycles. The zero-order valence-corrected chi connectivity index (χ0v) is 14.3. The van der Waals surface area contributed by atoms with Crippen LogP contribution in [0.3, 0.4) is 0 Å². The minimum absolute atomic E-state index is 0.0450. The Morgan fingerprint density at radius 2 is 1.48 bits per heavy atom. The first-order valence-corrected chi connectivity index (χ1v) is 7.72. The highest BCUT2D eigenvalue weighted by Gasteiger charge is 2.31. The van der Waals surface area contributed by atoms with E-state index in [-0.39, 0.29) is 16.7 Å². The highest BCUT2D eigenvalue weighted by Crippen LogP contribution is 2.41. The molecule has 0 aliphatic rings. The molecule has 0 spiro atoms. The molecule has 2 aromatic carbocycles. The van der Waals surface area contributed by atoms with E-state index in [0.717, 1.165) is 11.1 Å². The number of phenols is 1. The Bertz CT molecular complexity index is 723. The Balaban J connectivity index is 2.75. The fourth-order valence-corrected chi connectivity index (χ4v) is 2.72. The third-order valence-electron chi connectivity index (χ3n) is 4.38. The van der Waals surface area contributed by atoms with Crippen molar-refractivity contribution < 1.29 is 15.0 Å². The topological polar surface area (TPSA) is 57.5 Å². The van der Waals surface area contributed by atoms with Gasteiger partial charge in [-0.15, -0.1) is 0 Å². The van der Waals surface area contributed by atoms with Gasteiger partial charge in [0.25, 0.3) is 0 Å². The predicted molar refractivity (Wildman–Crippen MR) is 92.3 cm³/mol. The lowest BCUT2D eigenvalue weighted by Gasteiger charge is -2.30. The highest BCUT2D eigenvalue weighted by molar-refractivity contribution is 5.92. The summed E-state index contributed by atoms with van der Waals surface area (Å²) in [7, 11) is 0. The molecule has 0 unspecified atom stereocenters. The Hall–Kier alpha value is -2.29. The zero-order valence-electron chi connectivity index (χ0n) is 14.3. The summed E-state index contributed by atoms with van der Waals surface area (Å²) in [6.45, 7) is 10.1. The quantitative estimate of drug-likeness (QED) is 0.862. The Morgan fingerprint density at radius 3 is 1.96 bits per heavy atom. The van der Waals surface area contributed by atoms with Crippen molar-refractivity contribution in [3.63, 3.8) is 0 Å². The third kappa shape index (κ3) is 3.24. The monoisotopic (exact) mass is 312 g/mol. The lowest BCUT2D eigenvalue weighted by Crippen LogP contribution is -2.22. The highest BCUT2D eigenvalue weighted by atomic mass is 16.4. The normalized spacial score (nSPS) is 12.2. The fourth-order valence-electron chi connectivity index (χ4n) is 2.72. The molecular formula is C20H24O3. The number of hydrogen-bond donors (Lipinski definition) is 2. The van der Waals surface area contributed by atoms with Crippen molar-refractivity contribution in [3.8, 4) is 5.75 Å². The number of carboxylic acid groups (broad SMARTS) is 1. The van der Waals surface area contributed by atoms with E-state index in [4.69, 9.17) is 0 Å². The maximum atomic E-state index is 11.6. The van der Waals surface area contributed by atoms with E-state index in [2.05, 4.69) is 0 Å². The summed E-state index contributed by atoms with van der Waals surface area (Å²) in [4.78, 5) is 11.6. The molecule has 3 nitrogen and oxygen atoms in total. The minimum Gasteiger partial charge on any atom is -0.507 e. The molecule has 2 N–H and O–H groups in total. The molecule has 2 aromatic rings. The summed E-state index contributed by atoms with van der Waals surface area (Å²) < 4.78 is 0. The van der Waals surface area contributed by atoms with Crippen molar-refractivity contribution in [2.45, 2.75) is 45.4 Å². The van der Waals surface area contributed by atoms with Crippen LogP contribution in [0.4, 0.5) is 0 Å². The SMILES string of the molecule is CC(C)(C)c1cc(C(=O)O)c(O)c(C(C)(C)c2ccccc2)c1. The van der Waals surface area contributed by atoms with Gasteiger partial charge in [-0.2, -0.15) is 0 Å². The first kappa shape index (κ1) is 17.1. The van der Waals surface area contributed by atoms with Crippen molar-refractivity contribution in [2.75, 3.05) is 0 Å². The molecule has 0 fully saturated rings. The number of benzene rings is 2. The molecule has 2 rings (SSSR count). The van der Waals surface area contributed by atoms with Crippen LogP contribution >= 0.6 is 0 Å². The number of carbonyl (C=O) groups is 1. The maximum Gasteiger partial charge on any atom is 0.339 e. The molecule has 0 aliphatic carbocycles. The van der Waals surface area contributed by atoms with Crippen LogP contribution in [0, 0.1) is 0 Å². The first-order chi connectivity index (χ1) is 10.5. The molecule has 0 heterocycles. The molecule has 0 radical (unpaired) electrons. The van der Waals surface area contributed by atoms with Gasteiger partial charge in [0.2, 0.25) is 0 Å². The molecule has 0 aliphatic heterocycles. The van der Waals surface area contributed by atoms with Crippen molar-refractivity contribution in [1.82, 2.24) is 0 Å². The van der Waals surface area contributed by atoms with Crippen molar-refractivity contribution in [3.05, 3.63) is 64.7 Å². The number of rotatable bonds is 3. The summed E-state index contributed by atoms with van der Waals surface area (Å²) in [6, 6.07) is 13.3. The first-order valence-electron chi connectivity index (χ1n) is 7.72. The van der Waals surface area contributed by atoms with Gasteiger partial charge in [-0.1, -0.05) is 71.0 Å². The molecule has 23 heavy (non-hydrogen) atoms. The van der Waals surface area contributed by atoms with Crippen LogP contribution in [0.25, 0.3) is 0 Å². The second-order valence-electron chi connectivity index (χ2n) is 7.47. The number of aromatic hydroxyl groups is 1. The number of hydrogen-bond acceptors (Lipinski definition) is 2. The van der Waals surface area contributed by atoms with Crippen LogP contribution in [0.5, 0.6) is 5.75 Å². The van der Waals surface area contributed by atoms with Gasteiger partial charge >= 0.3 is 5.97 Å². The van der Waals surface area contributed by atoms with Crippen molar-refractivity contribution in [2.24, 2.45) is 0 Å². The van der Waals surface area contributed by atoms with E-state index in [1.54, 1.807) is 6.07 Å². The van der Waals surface area contributed by atoms with E-state index in [0.29, 0.717) is 5.56 Å². The van der Waals surface area contributed by atoms with Gasteiger partial charge in [0.05, 0.1) is 0 Å². The van der Waals surface area contributed by atoms with Gasteiger partial charge in [-0.3, -0.25) is 0 Å². The van der Waals surface area contributed by atoms with Gasteiger partial charge < -0.3 is 10.2 Å². The molecule has 122 valence electrons. The maximum absolute atomic E-state index is 11.6. The summed E-state index contributed by atoms with van der Waals surface area (Å²) >= 11 is 0. The van der Waals surface area contributed by atoms with E-state index in [1.165, 1.54) is 0 Å². The molecule has 0 saturated carbocycles. The fraction of sp³-hybridized carbons (Fsp3) is 0.350. The van der Waals surface area contributed by atoms with Gasteiger partial charge in [-0.25, -0.2) is 4.79 Å². The Kier molecular flexibility index (Phi) is 4.25. The van der Waals surface area contributed by atoms with Gasteiger partial charge in [0.1, 0.15) is 11.3 Å². The molecule has 0 aromatic heterocycles. The number of aromatic carboxylic acids is 1. The summed E-state index contributed by atoms with van der Waals surface area (Å²) in [5.74, 6) is -1.27. The van der Waals surface area contributed by atoms with Gasteiger partial charge in [0, 0.05) is 11.0 Å². The van der Waals surface area contributed by atoms with Gasteiger partial charge in [-0.05, 0) is 22.6 Å². The van der Waals surface area contributed by atoms with Crippen LogP contribution in [0.15, 0.2) is 42.5 Å². The molecule has 3 heteroatoms. The second-order valence-corrected chi connectivity index (χ2v) is 7.47. The molecule has 0 bridgehead atoms. The largest absolute Gasteiger partial charge is 0.507 e. The summed E-state index contributed by atoms with van der Waals surface area (Å²) in [5, 5.41) is 20.0. The average Bonchev–Trinajstić information content (AvgIpc) is 2.46. The zero-order chi connectivity index (χ0) is 17.4. The average molecular weight is 312 g/mol. The third-order valence-corrected chi connectivity index (χ3v) is 4.38. The van der Waals surface area contributed by atoms with E-state index >= 15 is 0 Å². The van der Waals surface area contributed by atoms with Crippen molar-refractivity contribution >= 4 is 5.97 Å². The van der Waals surface area contributed by atoms with Gasteiger partial charge in [0.15, 0.2) is 0 Å². The Labute approximate surface area is 137 Å². The molecular weight excluding hydrogens is 288 g/mol. The van der Waals surface area contributed by atoms with Crippen LogP contribution in [0.1, 0.15) is 61.7 Å². The van der Waals surface area contributed by atoms with E-state index in [9.17, 15) is 15.0 Å². The van der Waals surface area contributed by atoms with Crippen LogP contribution in [-0.4, -0.2) is 16.2 Å². The van der Waals surface area contributed by atoms with E-state index < -0.39 is 11.4 Å². The molecule has 0 amide bonds. The van der Waals surface area contributed by atoms with Crippen LogP contribution < -0.4 is 0 Å². The van der Waals surface area contributed by atoms with E-state index in [1.807, 2.05) is 71.0 Å².